The number of nitrogens with one attached hydrogen (secondary N) is 2. The Labute approximate surface area is 145 Å². The molecule has 0 spiro atoms. The number of aryl methyl sites for hydroxylation is 1. The number of urea groups is 1. The molecule has 0 aromatic carbocycles. The van der Waals surface area contributed by atoms with Crippen molar-refractivity contribution in [2.75, 3.05) is 6.54 Å². The van der Waals surface area contributed by atoms with E-state index in [1.807, 2.05) is 20.2 Å². The largest absolute Gasteiger partial charge is 0.388 e. The summed E-state index contributed by atoms with van der Waals surface area (Å²) in [6.45, 7) is 8.99. The predicted octanol–water partition coefficient (Wildman–Crippen LogP) is 2.75. The summed E-state index contributed by atoms with van der Waals surface area (Å²) in [7, 11) is 1.85. The standard InChI is InChI=1S/C18H32N4O2/c1-13(14-10-20-22(5)11-14)21-16(23)19-12-18(24)8-6-15(7-9-18)17(2,3)4/h10-11,13,15,24H,6-9,12H2,1-5H3,(H2,19,21,23). The van der Waals surface area contributed by atoms with Crippen LogP contribution in [0.4, 0.5) is 4.79 Å². The minimum Gasteiger partial charge on any atom is -0.388 e. The number of carbonyl (C=O) groups is 1. The molecule has 2 rings (SSSR count). The number of rotatable bonds is 4. The lowest BCUT2D eigenvalue weighted by Crippen LogP contribution is -2.49. The van der Waals surface area contributed by atoms with Crippen LogP contribution in [0, 0.1) is 11.3 Å². The van der Waals surface area contributed by atoms with Gasteiger partial charge in [-0.15, -0.1) is 0 Å². The van der Waals surface area contributed by atoms with Gasteiger partial charge in [0, 0.05) is 25.4 Å². The average Bonchev–Trinajstić information content (AvgIpc) is 2.91. The molecule has 0 saturated heterocycles. The van der Waals surface area contributed by atoms with Crippen molar-refractivity contribution in [2.45, 2.75) is 65.0 Å². The second-order valence-corrected chi connectivity index (χ2v) is 8.36. The molecule has 1 unspecified atom stereocenters. The summed E-state index contributed by atoms with van der Waals surface area (Å²) in [5.74, 6) is 0.636. The lowest BCUT2D eigenvalue weighted by atomic mass is 9.68. The average molecular weight is 336 g/mol. The molecule has 1 atom stereocenters. The fourth-order valence-electron chi connectivity index (χ4n) is 3.44. The second kappa shape index (κ2) is 7.13. The highest BCUT2D eigenvalue weighted by Crippen LogP contribution is 2.41. The Morgan fingerprint density at radius 2 is 2.08 bits per heavy atom. The van der Waals surface area contributed by atoms with E-state index in [4.69, 9.17) is 0 Å². The van der Waals surface area contributed by atoms with Crippen molar-refractivity contribution >= 4 is 6.03 Å². The van der Waals surface area contributed by atoms with Gasteiger partial charge in [0.2, 0.25) is 0 Å². The Bertz CT molecular complexity index is 554. The highest BCUT2D eigenvalue weighted by Gasteiger charge is 2.37. The Hall–Kier alpha value is -1.56. The number of hydrogen-bond acceptors (Lipinski definition) is 3. The summed E-state index contributed by atoms with van der Waals surface area (Å²) in [6, 6.07) is -0.373. The van der Waals surface area contributed by atoms with Crippen LogP contribution in [-0.2, 0) is 7.05 Å². The normalized spacial score (nSPS) is 26.0. The molecular formula is C18H32N4O2. The predicted molar refractivity (Wildman–Crippen MR) is 94.5 cm³/mol. The maximum absolute atomic E-state index is 12.1. The number of aliphatic hydroxyl groups is 1. The quantitative estimate of drug-likeness (QED) is 0.791. The van der Waals surface area contributed by atoms with Crippen LogP contribution in [0.15, 0.2) is 12.4 Å². The Balaban J connectivity index is 1.77. The first-order valence-electron chi connectivity index (χ1n) is 8.84. The molecule has 1 aliphatic carbocycles. The Kier molecular flexibility index (Phi) is 5.58. The fourth-order valence-corrected chi connectivity index (χ4v) is 3.44. The van der Waals surface area contributed by atoms with Crippen LogP contribution in [0.3, 0.4) is 0 Å². The molecular weight excluding hydrogens is 304 g/mol. The first-order valence-corrected chi connectivity index (χ1v) is 8.84. The molecule has 1 aliphatic rings. The molecule has 2 amide bonds. The molecule has 3 N–H and O–H groups in total. The molecule has 1 aromatic heterocycles. The van der Waals surface area contributed by atoms with Gasteiger partial charge in [0.1, 0.15) is 0 Å². The molecule has 6 heteroatoms. The van der Waals surface area contributed by atoms with E-state index < -0.39 is 5.60 Å². The fraction of sp³-hybridized carbons (Fsp3) is 0.778. The van der Waals surface area contributed by atoms with E-state index in [1.54, 1.807) is 10.9 Å². The molecule has 0 bridgehead atoms. The van der Waals surface area contributed by atoms with E-state index in [0.717, 1.165) is 31.2 Å². The second-order valence-electron chi connectivity index (χ2n) is 8.36. The van der Waals surface area contributed by atoms with Gasteiger partial charge in [0.15, 0.2) is 0 Å². The van der Waals surface area contributed by atoms with Gasteiger partial charge >= 0.3 is 6.03 Å². The Morgan fingerprint density at radius 1 is 1.46 bits per heavy atom. The third-order valence-corrected chi connectivity index (χ3v) is 5.29. The topological polar surface area (TPSA) is 79.2 Å². The number of aromatic nitrogens is 2. The SMILES string of the molecule is CC(NC(=O)NCC1(O)CCC(C(C)(C)C)CC1)c1cnn(C)c1. The molecule has 24 heavy (non-hydrogen) atoms. The molecule has 1 aromatic rings. The van der Waals surface area contributed by atoms with Crippen molar-refractivity contribution in [3.63, 3.8) is 0 Å². The number of carbonyl (C=O) groups excluding carboxylic acids is 1. The summed E-state index contributed by atoms with van der Waals surface area (Å²) in [5.41, 5.74) is 0.457. The smallest absolute Gasteiger partial charge is 0.315 e. The third kappa shape index (κ3) is 4.97. The lowest BCUT2D eigenvalue weighted by molar-refractivity contribution is -0.0218. The summed E-state index contributed by atoms with van der Waals surface area (Å²) in [5, 5.41) is 20.5. The van der Waals surface area contributed by atoms with Crippen molar-refractivity contribution in [3.05, 3.63) is 18.0 Å². The third-order valence-electron chi connectivity index (χ3n) is 5.29. The van der Waals surface area contributed by atoms with Crippen LogP contribution < -0.4 is 10.6 Å². The van der Waals surface area contributed by atoms with Gasteiger partial charge in [-0.05, 0) is 43.9 Å². The number of nitrogens with zero attached hydrogens (tertiary/aromatic N) is 2. The summed E-state index contributed by atoms with van der Waals surface area (Å²) in [4.78, 5) is 12.1. The first-order chi connectivity index (χ1) is 11.1. The molecule has 1 saturated carbocycles. The van der Waals surface area contributed by atoms with Crippen LogP contribution in [0.2, 0.25) is 0 Å². The van der Waals surface area contributed by atoms with Crippen LogP contribution in [-0.4, -0.2) is 33.1 Å². The van der Waals surface area contributed by atoms with Gasteiger partial charge in [0.05, 0.1) is 17.8 Å². The molecule has 136 valence electrons. The highest BCUT2D eigenvalue weighted by molar-refractivity contribution is 5.74. The zero-order valence-electron chi connectivity index (χ0n) is 15.6. The number of hydrogen-bond donors (Lipinski definition) is 3. The zero-order chi connectivity index (χ0) is 18.0. The van der Waals surface area contributed by atoms with Crippen molar-refractivity contribution in [2.24, 2.45) is 18.4 Å². The van der Waals surface area contributed by atoms with Gasteiger partial charge < -0.3 is 15.7 Å². The maximum Gasteiger partial charge on any atom is 0.315 e. The van der Waals surface area contributed by atoms with Crippen LogP contribution in [0.5, 0.6) is 0 Å². The maximum atomic E-state index is 12.1. The van der Waals surface area contributed by atoms with E-state index in [2.05, 4.69) is 36.5 Å². The minimum absolute atomic E-state index is 0.120. The molecule has 1 fully saturated rings. The van der Waals surface area contributed by atoms with Crippen LogP contribution >= 0.6 is 0 Å². The summed E-state index contributed by atoms with van der Waals surface area (Å²) in [6.07, 6.45) is 7.13. The minimum atomic E-state index is -0.781. The van der Waals surface area contributed by atoms with Gasteiger partial charge in [-0.25, -0.2) is 4.79 Å². The molecule has 1 heterocycles. The summed E-state index contributed by atoms with van der Waals surface area (Å²) >= 11 is 0. The van der Waals surface area contributed by atoms with E-state index >= 15 is 0 Å². The number of amides is 2. The van der Waals surface area contributed by atoms with E-state index in [-0.39, 0.29) is 17.5 Å². The van der Waals surface area contributed by atoms with Crippen LogP contribution in [0.1, 0.15) is 65.0 Å². The van der Waals surface area contributed by atoms with Gasteiger partial charge in [0.25, 0.3) is 0 Å². The van der Waals surface area contributed by atoms with Crippen molar-refractivity contribution in [3.8, 4) is 0 Å². The van der Waals surface area contributed by atoms with E-state index in [0.29, 0.717) is 12.5 Å². The molecule has 6 nitrogen and oxygen atoms in total. The van der Waals surface area contributed by atoms with Crippen molar-refractivity contribution in [1.29, 1.82) is 0 Å². The van der Waals surface area contributed by atoms with Crippen LogP contribution in [0.25, 0.3) is 0 Å². The van der Waals surface area contributed by atoms with Gasteiger partial charge in [-0.2, -0.15) is 5.10 Å². The zero-order valence-corrected chi connectivity index (χ0v) is 15.6. The van der Waals surface area contributed by atoms with Gasteiger partial charge in [-0.3, -0.25) is 4.68 Å². The lowest BCUT2D eigenvalue weighted by Gasteiger charge is -2.41. The van der Waals surface area contributed by atoms with Crippen molar-refractivity contribution in [1.82, 2.24) is 20.4 Å². The first kappa shape index (κ1) is 18.8. The molecule has 0 radical (unpaired) electrons. The molecule has 0 aliphatic heterocycles. The van der Waals surface area contributed by atoms with Gasteiger partial charge in [-0.1, -0.05) is 20.8 Å². The van der Waals surface area contributed by atoms with E-state index in [1.165, 1.54) is 0 Å². The summed E-state index contributed by atoms with van der Waals surface area (Å²) < 4.78 is 1.71. The Morgan fingerprint density at radius 3 is 2.58 bits per heavy atom. The monoisotopic (exact) mass is 336 g/mol. The highest BCUT2D eigenvalue weighted by atomic mass is 16.3. The van der Waals surface area contributed by atoms with Crippen molar-refractivity contribution < 1.29 is 9.90 Å². The van der Waals surface area contributed by atoms with E-state index in [9.17, 15) is 9.90 Å².